The summed E-state index contributed by atoms with van der Waals surface area (Å²) in [5, 5.41) is 3.83. The van der Waals surface area contributed by atoms with Crippen molar-refractivity contribution in [2.45, 2.75) is 6.43 Å². The molecule has 0 aromatic carbocycles. The summed E-state index contributed by atoms with van der Waals surface area (Å²) in [7, 11) is 0. The van der Waals surface area contributed by atoms with E-state index in [9.17, 15) is 13.6 Å². The average molecular weight is 191 g/mol. The number of hydrogen-bond acceptors (Lipinski definition) is 2. The van der Waals surface area contributed by atoms with E-state index in [1.54, 1.807) is 17.5 Å². The van der Waals surface area contributed by atoms with Crippen molar-refractivity contribution in [3.8, 4) is 0 Å². The van der Waals surface area contributed by atoms with Crippen LogP contribution >= 0.6 is 11.3 Å². The molecule has 0 bridgehead atoms. The van der Waals surface area contributed by atoms with Crippen molar-refractivity contribution in [3.05, 3.63) is 22.4 Å². The van der Waals surface area contributed by atoms with Gasteiger partial charge in [0, 0.05) is 0 Å². The number of alkyl halides is 2. The monoisotopic (exact) mass is 191 g/mol. The number of amides is 1. The first-order chi connectivity index (χ1) is 5.70. The Bertz CT molecular complexity index is 248. The first-order valence-electron chi connectivity index (χ1n) is 3.30. The fourth-order valence-electron chi connectivity index (χ4n) is 0.665. The van der Waals surface area contributed by atoms with Crippen LogP contribution in [0.25, 0.3) is 0 Å². The molecule has 0 atom stereocenters. The molecule has 0 radical (unpaired) electrons. The first-order valence-corrected chi connectivity index (χ1v) is 4.18. The van der Waals surface area contributed by atoms with Gasteiger partial charge < -0.3 is 5.32 Å². The number of halogens is 2. The van der Waals surface area contributed by atoms with Gasteiger partial charge in [-0.2, -0.15) is 0 Å². The quantitative estimate of drug-likeness (QED) is 0.774. The third kappa shape index (κ3) is 2.58. The van der Waals surface area contributed by atoms with E-state index in [4.69, 9.17) is 0 Å². The lowest BCUT2D eigenvalue weighted by Gasteiger charge is -2.00. The van der Waals surface area contributed by atoms with E-state index in [2.05, 4.69) is 5.32 Å². The van der Waals surface area contributed by atoms with Crippen LogP contribution in [0.5, 0.6) is 0 Å². The summed E-state index contributed by atoms with van der Waals surface area (Å²) in [6, 6.07) is 3.29. The molecule has 0 unspecified atom stereocenters. The fraction of sp³-hybridized carbons (Fsp3) is 0.286. The largest absolute Gasteiger partial charge is 0.346 e. The molecule has 0 saturated carbocycles. The van der Waals surface area contributed by atoms with Gasteiger partial charge in [0.2, 0.25) is 0 Å². The Labute approximate surface area is 72.2 Å². The van der Waals surface area contributed by atoms with Crippen LogP contribution in [-0.2, 0) is 0 Å². The average Bonchev–Trinajstić information content (AvgIpc) is 2.51. The second-order valence-corrected chi connectivity index (χ2v) is 3.03. The molecular formula is C7H7F2NOS. The second kappa shape index (κ2) is 4.15. The highest BCUT2D eigenvalue weighted by Crippen LogP contribution is 2.07. The van der Waals surface area contributed by atoms with Gasteiger partial charge in [-0.1, -0.05) is 6.07 Å². The molecule has 0 aliphatic carbocycles. The topological polar surface area (TPSA) is 29.1 Å². The Kier molecular flexibility index (Phi) is 3.16. The predicted molar refractivity (Wildman–Crippen MR) is 42.7 cm³/mol. The molecule has 1 N–H and O–H groups in total. The van der Waals surface area contributed by atoms with E-state index < -0.39 is 18.9 Å². The van der Waals surface area contributed by atoms with Crippen molar-refractivity contribution in [2.75, 3.05) is 6.54 Å². The smallest absolute Gasteiger partial charge is 0.261 e. The van der Waals surface area contributed by atoms with Crippen LogP contribution in [0.4, 0.5) is 8.78 Å². The maximum atomic E-state index is 11.6. The molecule has 2 nitrogen and oxygen atoms in total. The molecule has 0 saturated heterocycles. The molecule has 5 heteroatoms. The van der Waals surface area contributed by atoms with Crippen LogP contribution in [-0.4, -0.2) is 18.9 Å². The summed E-state index contributed by atoms with van der Waals surface area (Å²) < 4.78 is 23.3. The summed E-state index contributed by atoms with van der Waals surface area (Å²) in [6.45, 7) is -0.587. The van der Waals surface area contributed by atoms with E-state index in [-0.39, 0.29) is 0 Å². The van der Waals surface area contributed by atoms with Crippen molar-refractivity contribution in [3.63, 3.8) is 0 Å². The zero-order valence-electron chi connectivity index (χ0n) is 6.09. The van der Waals surface area contributed by atoms with Gasteiger partial charge in [-0.25, -0.2) is 8.78 Å². The third-order valence-electron chi connectivity index (χ3n) is 1.16. The Morgan fingerprint density at radius 1 is 1.67 bits per heavy atom. The Balaban J connectivity index is 2.40. The van der Waals surface area contributed by atoms with Crippen molar-refractivity contribution in [1.29, 1.82) is 0 Å². The van der Waals surface area contributed by atoms with Crippen molar-refractivity contribution in [2.24, 2.45) is 0 Å². The number of carbonyl (C=O) groups excluding carboxylic acids is 1. The molecule has 1 aromatic heterocycles. The molecule has 1 aromatic rings. The van der Waals surface area contributed by atoms with Gasteiger partial charge >= 0.3 is 0 Å². The number of rotatable bonds is 3. The highest BCUT2D eigenvalue weighted by molar-refractivity contribution is 7.12. The summed E-state index contributed by atoms with van der Waals surface area (Å²) in [5.41, 5.74) is 0. The Hall–Kier alpha value is -0.970. The predicted octanol–water partition coefficient (Wildman–Crippen LogP) is 1.74. The maximum absolute atomic E-state index is 11.6. The van der Waals surface area contributed by atoms with Gasteiger partial charge in [0.15, 0.2) is 0 Å². The molecule has 66 valence electrons. The van der Waals surface area contributed by atoms with E-state index in [1.165, 1.54) is 11.3 Å². The second-order valence-electron chi connectivity index (χ2n) is 2.08. The number of carbonyl (C=O) groups is 1. The normalized spacial score (nSPS) is 10.2. The van der Waals surface area contributed by atoms with Gasteiger partial charge in [0.25, 0.3) is 12.3 Å². The molecule has 0 spiro atoms. The van der Waals surface area contributed by atoms with Crippen LogP contribution in [0.2, 0.25) is 0 Å². The third-order valence-corrected chi connectivity index (χ3v) is 2.03. The Morgan fingerprint density at radius 2 is 2.42 bits per heavy atom. The highest BCUT2D eigenvalue weighted by atomic mass is 32.1. The van der Waals surface area contributed by atoms with Crippen LogP contribution in [0.3, 0.4) is 0 Å². The summed E-state index contributed by atoms with van der Waals surface area (Å²) in [4.78, 5) is 11.4. The molecular weight excluding hydrogens is 184 g/mol. The maximum Gasteiger partial charge on any atom is 0.261 e. The zero-order chi connectivity index (χ0) is 8.97. The summed E-state index contributed by atoms with van der Waals surface area (Å²) in [6.07, 6.45) is -2.49. The van der Waals surface area contributed by atoms with Crippen LogP contribution < -0.4 is 5.32 Å². The SMILES string of the molecule is O=C(NCC(F)F)c1cccs1. The fourth-order valence-corrected chi connectivity index (χ4v) is 1.30. The van der Waals surface area contributed by atoms with Crippen molar-refractivity contribution in [1.82, 2.24) is 5.32 Å². The minimum absolute atomic E-state index is 0.440. The van der Waals surface area contributed by atoms with Gasteiger partial charge in [-0.3, -0.25) is 4.79 Å². The van der Waals surface area contributed by atoms with E-state index >= 15 is 0 Å². The van der Waals surface area contributed by atoms with E-state index in [0.717, 1.165) is 0 Å². The van der Waals surface area contributed by atoms with E-state index in [0.29, 0.717) is 4.88 Å². The number of nitrogens with one attached hydrogen (secondary N) is 1. The lowest BCUT2D eigenvalue weighted by molar-refractivity contribution is 0.0895. The van der Waals surface area contributed by atoms with Gasteiger partial charge in [-0.15, -0.1) is 11.3 Å². The number of thiophene rings is 1. The lowest BCUT2D eigenvalue weighted by Crippen LogP contribution is -2.27. The summed E-state index contributed by atoms with van der Waals surface area (Å²) in [5.74, 6) is -0.440. The number of hydrogen-bond donors (Lipinski definition) is 1. The standard InChI is InChI=1S/C7H7F2NOS/c8-6(9)4-10-7(11)5-2-1-3-12-5/h1-3,6H,4H2,(H,10,11). The van der Waals surface area contributed by atoms with Crippen LogP contribution in [0.1, 0.15) is 9.67 Å². The van der Waals surface area contributed by atoms with Gasteiger partial charge in [-0.05, 0) is 11.4 Å². The van der Waals surface area contributed by atoms with Crippen molar-refractivity contribution >= 4 is 17.2 Å². The molecule has 12 heavy (non-hydrogen) atoms. The molecule has 0 aliphatic rings. The van der Waals surface area contributed by atoms with Crippen molar-refractivity contribution < 1.29 is 13.6 Å². The lowest BCUT2D eigenvalue weighted by atomic mass is 10.4. The molecule has 0 aliphatic heterocycles. The van der Waals surface area contributed by atoms with Gasteiger partial charge in [0.05, 0.1) is 11.4 Å². The molecule has 1 heterocycles. The highest BCUT2D eigenvalue weighted by Gasteiger charge is 2.08. The molecule has 0 fully saturated rings. The minimum atomic E-state index is -2.49. The zero-order valence-corrected chi connectivity index (χ0v) is 6.91. The molecule has 1 rings (SSSR count). The first kappa shape index (κ1) is 9.12. The van der Waals surface area contributed by atoms with E-state index in [1.807, 2.05) is 0 Å². The van der Waals surface area contributed by atoms with Crippen LogP contribution in [0, 0.1) is 0 Å². The van der Waals surface area contributed by atoms with Gasteiger partial charge in [0.1, 0.15) is 0 Å². The van der Waals surface area contributed by atoms with Crippen LogP contribution in [0.15, 0.2) is 17.5 Å². The minimum Gasteiger partial charge on any atom is -0.346 e. The summed E-state index contributed by atoms with van der Waals surface area (Å²) >= 11 is 1.23. The molecule has 1 amide bonds. The Morgan fingerprint density at radius 3 is 2.92 bits per heavy atom.